The van der Waals surface area contributed by atoms with Gasteiger partial charge in [-0.1, -0.05) is 24.3 Å². The fraction of sp³-hybridized carbons (Fsp3) is 0.143. The van der Waals surface area contributed by atoms with Crippen LogP contribution in [0.1, 0.15) is 11.1 Å². The third kappa shape index (κ3) is 1.82. The summed E-state index contributed by atoms with van der Waals surface area (Å²) in [5.74, 6) is 0.773. The monoisotopic (exact) mass is 301 g/mol. The van der Waals surface area contributed by atoms with Gasteiger partial charge in [-0.2, -0.15) is 0 Å². The van der Waals surface area contributed by atoms with Crippen LogP contribution < -0.4 is 0 Å². The molecule has 90 valence electrons. The topological polar surface area (TPSA) is 30.2 Å². The Morgan fingerprint density at radius 2 is 1.89 bits per heavy atom. The van der Waals surface area contributed by atoms with Crippen LogP contribution in [0.25, 0.3) is 17.0 Å². The molecule has 0 unspecified atom stereocenters. The van der Waals surface area contributed by atoms with Crippen LogP contribution in [0.15, 0.2) is 41.0 Å². The van der Waals surface area contributed by atoms with Gasteiger partial charge in [-0.25, -0.2) is 9.50 Å². The molecule has 2 heterocycles. The van der Waals surface area contributed by atoms with E-state index in [1.54, 1.807) is 0 Å². The highest BCUT2D eigenvalue weighted by Crippen LogP contribution is 2.22. The van der Waals surface area contributed by atoms with Crippen LogP contribution in [-0.4, -0.2) is 14.6 Å². The highest BCUT2D eigenvalue weighted by molar-refractivity contribution is 9.10. The van der Waals surface area contributed by atoms with Gasteiger partial charge < -0.3 is 0 Å². The third-order valence-corrected chi connectivity index (χ3v) is 3.40. The summed E-state index contributed by atoms with van der Waals surface area (Å²) in [6.07, 6.45) is 1.93. The first-order valence-corrected chi connectivity index (χ1v) is 6.53. The van der Waals surface area contributed by atoms with E-state index in [9.17, 15) is 0 Å². The SMILES string of the molecule is Cc1ccccc1-c1nc2c(C)cc(Br)cn2n1. The van der Waals surface area contributed by atoms with Gasteiger partial charge in [0.05, 0.1) is 0 Å². The first-order valence-electron chi connectivity index (χ1n) is 5.73. The maximum Gasteiger partial charge on any atom is 0.182 e. The molecule has 0 radical (unpaired) electrons. The molecule has 1 aromatic carbocycles. The third-order valence-electron chi connectivity index (χ3n) is 2.97. The van der Waals surface area contributed by atoms with Gasteiger partial charge >= 0.3 is 0 Å². The summed E-state index contributed by atoms with van der Waals surface area (Å²) < 4.78 is 2.83. The molecule has 0 atom stereocenters. The van der Waals surface area contributed by atoms with Crippen molar-refractivity contribution in [2.75, 3.05) is 0 Å². The van der Waals surface area contributed by atoms with Crippen molar-refractivity contribution in [2.45, 2.75) is 13.8 Å². The predicted octanol–water partition coefficient (Wildman–Crippen LogP) is 3.78. The second kappa shape index (κ2) is 4.21. The highest BCUT2D eigenvalue weighted by Gasteiger charge is 2.10. The molecule has 0 aliphatic carbocycles. The van der Waals surface area contributed by atoms with Crippen molar-refractivity contribution in [3.8, 4) is 11.4 Å². The lowest BCUT2D eigenvalue weighted by molar-refractivity contribution is 0.954. The lowest BCUT2D eigenvalue weighted by atomic mass is 10.1. The molecule has 0 fully saturated rings. The Balaban J connectivity index is 2.26. The summed E-state index contributed by atoms with van der Waals surface area (Å²) >= 11 is 3.47. The van der Waals surface area contributed by atoms with Crippen molar-refractivity contribution in [2.24, 2.45) is 0 Å². The molecule has 18 heavy (non-hydrogen) atoms. The fourth-order valence-electron chi connectivity index (χ4n) is 2.05. The Bertz CT molecular complexity index is 731. The summed E-state index contributed by atoms with van der Waals surface area (Å²) in [5.41, 5.74) is 4.27. The van der Waals surface area contributed by atoms with Crippen LogP contribution in [0.2, 0.25) is 0 Å². The van der Waals surface area contributed by atoms with E-state index in [0.29, 0.717) is 0 Å². The minimum Gasteiger partial charge on any atom is -0.219 e. The summed E-state index contributed by atoms with van der Waals surface area (Å²) in [4.78, 5) is 4.62. The maximum absolute atomic E-state index is 4.62. The van der Waals surface area contributed by atoms with E-state index >= 15 is 0 Å². The Kier molecular flexibility index (Phi) is 2.67. The fourth-order valence-corrected chi connectivity index (χ4v) is 2.58. The van der Waals surface area contributed by atoms with Crippen molar-refractivity contribution in [3.63, 3.8) is 0 Å². The van der Waals surface area contributed by atoms with Crippen molar-refractivity contribution in [1.29, 1.82) is 0 Å². The Labute approximate surface area is 114 Å². The summed E-state index contributed by atoms with van der Waals surface area (Å²) in [7, 11) is 0. The average molecular weight is 302 g/mol. The van der Waals surface area contributed by atoms with E-state index in [4.69, 9.17) is 0 Å². The van der Waals surface area contributed by atoms with Gasteiger partial charge in [0.2, 0.25) is 0 Å². The number of aryl methyl sites for hydroxylation is 2. The molecule has 0 amide bonds. The number of fused-ring (bicyclic) bond motifs is 1. The number of hydrogen-bond donors (Lipinski definition) is 0. The van der Waals surface area contributed by atoms with Crippen molar-refractivity contribution in [1.82, 2.24) is 14.6 Å². The molecule has 0 aliphatic heterocycles. The molecule has 0 bridgehead atoms. The largest absolute Gasteiger partial charge is 0.219 e. The standard InChI is InChI=1S/C14H12BrN3/c1-9-5-3-4-6-12(9)13-16-14-10(2)7-11(15)8-18(14)17-13/h3-8H,1-2H3. The molecule has 0 aliphatic rings. The van der Waals surface area contributed by atoms with Crippen LogP contribution in [-0.2, 0) is 0 Å². The quantitative estimate of drug-likeness (QED) is 0.685. The van der Waals surface area contributed by atoms with Crippen molar-refractivity contribution in [3.05, 3.63) is 52.1 Å². The van der Waals surface area contributed by atoms with Gasteiger partial charge in [-0.3, -0.25) is 0 Å². The molecule has 3 aromatic rings. The molecular formula is C14H12BrN3. The van der Waals surface area contributed by atoms with Gasteiger partial charge in [0, 0.05) is 16.2 Å². The summed E-state index contributed by atoms with van der Waals surface area (Å²) in [6.45, 7) is 4.11. The van der Waals surface area contributed by atoms with Crippen LogP contribution >= 0.6 is 15.9 Å². The second-order valence-corrected chi connectivity index (χ2v) is 5.28. The molecule has 3 rings (SSSR count). The minimum atomic E-state index is 0.773. The second-order valence-electron chi connectivity index (χ2n) is 4.36. The molecular weight excluding hydrogens is 290 g/mol. The number of rotatable bonds is 1. The predicted molar refractivity (Wildman–Crippen MR) is 75.6 cm³/mol. The molecule has 0 N–H and O–H groups in total. The average Bonchev–Trinajstić information content (AvgIpc) is 2.73. The number of benzene rings is 1. The first kappa shape index (κ1) is 11.4. The minimum absolute atomic E-state index is 0.773. The maximum atomic E-state index is 4.62. The van der Waals surface area contributed by atoms with Crippen LogP contribution in [0.4, 0.5) is 0 Å². The summed E-state index contributed by atoms with van der Waals surface area (Å²) in [6, 6.07) is 10.2. The first-order chi connectivity index (χ1) is 8.65. The van der Waals surface area contributed by atoms with Gasteiger partial charge in [0.15, 0.2) is 11.5 Å². The molecule has 0 saturated carbocycles. The lowest BCUT2D eigenvalue weighted by Gasteiger charge is -1.98. The molecule has 4 heteroatoms. The van der Waals surface area contributed by atoms with Gasteiger partial charge in [0.25, 0.3) is 0 Å². The van der Waals surface area contributed by atoms with E-state index in [2.05, 4.69) is 45.1 Å². The van der Waals surface area contributed by atoms with Crippen LogP contribution in [0.3, 0.4) is 0 Å². The zero-order valence-corrected chi connectivity index (χ0v) is 11.8. The number of nitrogens with zero attached hydrogens (tertiary/aromatic N) is 3. The normalized spacial score (nSPS) is 11.1. The zero-order chi connectivity index (χ0) is 12.7. The smallest absolute Gasteiger partial charge is 0.182 e. The van der Waals surface area contributed by atoms with Gasteiger partial charge in [0.1, 0.15) is 0 Å². The highest BCUT2D eigenvalue weighted by atomic mass is 79.9. The lowest BCUT2D eigenvalue weighted by Crippen LogP contribution is -1.89. The van der Waals surface area contributed by atoms with Crippen LogP contribution in [0, 0.1) is 13.8 Å². The number of pyridine rings is 1. The molecule has 0 spiro atoms. The van der Waals surface area contributed by atoms with Crippen molar-refractivity contribution < 1.29 is 0 Å². The number of hydrogen-bond acceptors (Lipinski definition) is 2. The van der Waals surface area contributed by atoms with E-state index < -0.39 is 0 Å². The van der Waals surface area contributed by atoms with Gasteiger partial charge in [-0.15, -0.1) is 5.10 Å². The molecule has 0 saturated heterocycles. The number of halogens is 1. The van der Waals surface area contributed by atoms with Gasteiger partial charge in [-0.05, 0) is 47.0 Å². The van der Waals surface area contributed by atoms with E-state index in [0.717, 1.165) is 27.1 Å². The Morgan fingerprint density at radius 1 is 1.11 bits per heavy atom. The molecule has 2 aromatic heterocycles. The zero-order valence-electron chi connectivity index (χ0n) is 10.2. The molecule has 3 nitrogen and oxygen atoms in total. The Hall–Kier alpha value is -1.68. The Morgan fingerprint density at radius 3 is 2.67 bits per heavy atom. The number of aromatic nitrogens is 3. The van der Waals surface area contributed by atoms with Crippen LogP contribution in [0.5, 0.6) is 0 Å². The van der Waals surface area contributed by atoms with Crippen molar-refractivity contribution >= 4 is 21.6 Å². The van der Waals surface area contributed by atoms with E-state index in [1.165, 1.54) is 5.56 Å². The van der Waals surface area contributed by atoms with E-state index in [-0.39, 0.29) is 0 Å². The summed E-state index contributed by atoms with van der Waals surface area (Å²) in [5, 5.41) is 4.54. The van der Waals surface area contributed by atoms with E-state index in [1.807, 2.05) is 35.8 Å².